The average Bonchev–Trinajstić information content (AvgIpc) is 2.39. The number of aromatic nitrogens is 2. The van der Waals surface area contributed by atoms with E-state index in [1.54, 1.807) is 18.2 Å². The van der Waals surface area contributed by atoms with E-state index in [4.69, 9.17) is 10.5 Å². The predicted octanol–water partition coefficient (Wildman–Crippen LogP) is 2.44. The molecule has 0 amide bonds. The maximum atomic E-state index is 14.2. The number of anilines is 1. The van der Waals surface area contributed by atoms with Gasteiger partial charge in [-0.3, -0.25) is 0 Å². The fraction of sp³-hybridized carbons (Fsp3) is 0.231. The summed E-state index contributed by atoms with van der Waals surface area (Å²) in [6, 6.07) is 4.93. The van der Waals surface area contributed by atoms with Gasteiger partial charge in [-0.05, 0) is 18.6 Å². The molecule has 1 aromatic heterocycles. The monoisotopic (exact) mass is 247 g/mol. The quantitative estimate of drug-likeness (QED) is 0.904. The Balaban J connectivity index is 2.66. The Morgan fingerprint density at radius 2 is 2.11 bits per heavy atom. The number of nitrogens with two attached hydrogens (primary N) is 1. The summed E-state index contributed by atoms with van der Waals surface area (Å²) in [4.78, 5) is 8.05. The molecule has 2 N–H and O–H groups in total. The molecule has 0 aliphatic heterocycles. The molecule has 0 atom stereocenters. The molecule has 0 fully saturated rings. The highest BCUT2D eigenvalue weighted by atomic mass is 19.1. The standard InChI is InChI=1S/C13H14FN3O/c1-3-8-12(16-7-17-13(8)15)9-5-4-6-10(18-2)11(9)14/h4-7H,3H2,1-2H3,(H2,15,16,17). The van der Waals surface area contributed by atoms with Gasteiger partial charge in [0, 0.05) is 11.1 Å². The van der Waals surface area contributed by atoms with Crippen LogP contribution in [0.3, 0.4) is 0 Å². The summed E-state index contributed by atoms with van der Waals surface area (Å²) in [5.41, 5.74) is 7.42. The number of halogens is 1. The highest BCUT2D eigenvalue weighted by molar-refractivity contribution is 5.69. The van der Waals surface area contributed by atoms with E-state index in [0.717, 1.165) is 5.56 Å². The molecule has 1 aromatic carbocycles. The fourth-order valence-electron chi connectivity index (χ4n) is 1.86. The number of methoxy groups -OCH3 is 1. The molecular weight excluding hydrogens is 233 g/mol. The molecule has 1 heterocycles. The zero-order chi connectivity index (χ0) is 13.1. The first-order valence-corrected chi connectivity index (χ1v) is 5.61. The van der Waals surface area contributed by atoms with Gasteiger partial charge in [0.25, 0.3) is 0 Å². The number of benzene rings is 1. The first-order chi connectivity index (χ1) is 8.69. The molecule has 0 spiro atoms. The Bertz CT molecular complexity index is 572. The predicted molar refractivity (Wildman–Crippen MR) is 67.8 cm³/mol. The van der Waals surface area contributed by atoms with E-state index in [-0.39, 0.29) is 5.75 Å². The maximum Gasteiger partial charge on any atom is 0.174 e. The van der Waals surface area contributed by atoms with Crippen molar-refractivity contribution in [3.63, 3.8) is 0 Å². The van der Waals surface area contributed by atoms with Crippen molar-refractivity contribution in [3.05, 3.63) is 35.9 Å². The van der Waals surface area contributed by atoms with E-state index < -0.39 is 5.82 Å². The molecule has 18 heavy (non-hydrogen) atoms. The van der Waals surface area contributed by atoms with E-state index in [1.165, 1.54) is 13.4 Å². The van der Waals surface area contributed by atoms with Crippen LogP contribution in [-0.2, 0) is 6.42 Å². The van der Waals surface area contributed by atoms with Crippen molar-refractivity contribution in [1.82, 2.24) is 9.97 Å². The molecule has 2 aromatic rings. The van der Waals surface area contributed by atoms with Gasteiger partial charge >= 0.3 is 0 Å². The van der Waals surface area contributed by atoms with Crippen molar-refractivity contribution in [1.29, 1.82) is 0 Å². The first kappa shape index (κ1) is 12.3. The number of rotatable bonds is 3. The lowest BCUT2D eigenvalue weighted by Crippen LogP contribution is -2.03. The number of ether oxygens (including phenoxy) is 1. The van der Waals surface area contributed by atoms with Crippen molar-refractivity contribution in [2.75, 3.05) is 12.8 Å². The first-order valence-electron chi connectivity index (χ1n) is 5.61. The maximum absolute atomic E-state index is 14.2. The van der Waals surface area contributed by atoms with Crippen molar-refractivity contribution >= 4 is 5.82 Å². The lowest BCUT2D eigenvalue weighted by atomic mass is 10.0. The fourth-order valence-corrected chi connectivity index (χ4v) is 1.86. The summed E-state index contributed by atoms with van der Waals surface area (Å²) in [5, 5.41) is 0. The van der Waals surface area contributed by atoms with Crippen molar-refractivity contribution in [2.24, 2.45) is 0 Å². The van der Waals surface area contributed by atoms with Gasteiger partial charge in [-0.2, -0.15) is 0 Å². The van der Waals surface area contributed by atoms with E-state index in [2.05, 4.69) is 9.97 Å². The molecule has 0 aliphatic rings. The number of nitrogen functional groups attached to an aromatic ring is 1. The van der Waals surface area contributed by atoms with Crippen LogP contribution in [0.25, 0.3) is 11.3 Å². The lowest BCUT2D eigenvalue weighted by molar-refractivity contribution is 0.387. The summed E-state index contributed by atoms with van der Waals surface area (Å²) in [5.74, 6) is 0.129. The Hall–Kier alpha value is -2.17. The van der Waals surface area contributed by atoms with Crippen LogP contribution in [0.5, 0.6) is 5.75 Å². The van der Waals surface area contributed by atoms with Crippen molar-refractivity contribution in [2.45, 2.75) is 13.3 Å². The largest absolute Gasteiger partial charge is 0.494 e. The van der Waals surface area contributed by atoms with E-state index >= 15 is 0 Å². The van der Waals surface area contributed by atoms with Crippen molar-refractivity contribution < 1.29 is 9.13 Å². The second kappa shape index (κ2) is 5.00. The van der Waals surface area contributed by atoms with Gasteiger partial charge in [-0.1, -0.05) is 13.0 Å². The van der Waals surface area contributed by atoms with Gasteiger partial charge in [0.15, 0.2) is 11.6 Å². The topological polar surface area (TPSA) is 61.0 Å². The molecular formula is C13H14FN3O. The van der Waals surface area contributed by atoms with Crippen LogP contribution in [0.1, 0.15) is 12.5 Å². The van der Waals surface area contributed by atoms with Crippen LogP contribution in [0.4, 0.5) is 10.2 Å². The van der Waals surface area contributed by atoms with Crippen LogP contribution in [0.2, 0.25) is 0 Å². The molecule has 4 nitrogen and oxygen atoms in total. The van der Waals surface area contributed by atoms with Crippen LogP contribution < -0.4 is 10.5 Å². The summed E-state index contributed by atoms with van der Waals surface area (Å²) in [7, 11) is 1.43. The highest BCUT2D eigenvalue weighted by Gasteiger charge is 2.16. The van der Waals surface area contributed by atoms with E-state index in [1.807, 2.05) is 6.92 Å². The van der Waals surface area contributed by atoms with Gasteiger partial charge in [-0.15, -0.1) is 0 Å². The Morgan fingerprint density at radius 3 is 2.78 bits per heavy atom. The zero-order valence-electron chi connectivity index (χ0n) is 10.3. The molecule has 2 rings (SSSR count). The number of hydrogen-bond donors (Lipinski definition) is 1. The van der Waals surface area contributed by atoms with Crippen LogP contribution in [-0.4, -0.2) is 17.1 Å². The minimum absolute atomic E-state index is 0.187. The van der Waals surface area contributed by atoms with Crippen LogP contribution >= 0.6 is 0 Å². The minimum atomic E-state index is -0.437. The second-order valence-corrected chi connectivity index (χ2v) is 3.76. The summed E-state index contributed by atoms with van der Waals surface area (Å²) < 4.78 is 19.1. The lowest BCUT2D eigenvalue weighted by Gasteiger charge is -2.11. The molecule has 5 heteroatoms. The molecule has 0 bridgehead atoms. The van der Waals surface area contributed by atoms with Gasteiger partial charge in [0.2, 0.25) is 0 Å². The van der Waals surface area contributed by atoms with Gasteiger partial charge < -0.3 is 10.5 Å². The number of hydrogen-bond acceptors (Lipinski definition) is 4. The Morgan fingerprint density at radius 1 is 1.33 bits per heavy atom. The van der Waals surface area contributed by atoms with Gasteiger partial charge in [0.05, 0.1) is 12.8 Å². The van der Waals surface area contributed by atoms with Crippen molar-refractivity contribution in [3.8, 4) is 17.0 Å². The molecule has 94 valence electrons. The normalized spacial score (nSPS) is 10.4. The summed E-state index contributed by atoms with van der Waals surface area (Å²) in [6.45, 7) is 1.93. The minimum Gasteiger partial charge on any atom is -0.494 e. The average molecular weight is 247 g/mol. The molecule has 0 radical (unpaired) electrons. The van der Waals surface area contributed by atoms with Crippen LogP contribution in [0.15, 0.2) is 24.5 Å². The van der Waals surface area contributed by atoms with E-state index in [9.17, 15) is 4.39 Å². The smallest absolute Gasteiger partial charge is 0.174 e. The third-order valence-corrected chi connectivity index (χ3v) is 2.77. The van der Waals surface area contributed by atoms with E-state index in [0.29, 0.717) is 23.5 Å². The molecule has 0 saturated heterocycles. The van der Waals surface area contributed by atoms with Gasteiger partial charge in [0.1, 0.15) is 12.1 Å². The van der Waals surface area contributed by atoms with Gasteiger partial charge in [-0.25, -0.2) is 14.4 Å². The second-order valence-electron chi connectivity index (χ2n) is 3.76. The molecule has 0 aliphatic carbocycles. The summed E-state index contributed by atoms with van der Waals surface area (Å²) >= 11 is 0. The highest BCUT2D eigenvalue weighted by Crippen LogP contribution is 2.31. The Labute approximate surface area is 105 Å². The molecule has 0 saturated carbocycles. The number of nitrogens with zero attached hydrogens (tertiary/aromatic N) is 2. The Kier molecular flexibility index (Phi) is 3.41. The third kappa shape index (κ3) is 1.99. The molecule has 0 unspecified atom stereocenters. The summed E-state index contributed by atoms with van der Waals surface area (Å²) in [6.07, 6.45) is 1.97. The SMILES string of the molecule is CCc1c(N)ncnc1-c1cccc(OC)c1F. The van der Waals surface area contributed by atoms with Crippen LogP contribution in [0, 0.1) is 5.82 Å². The third-order valence-electron chi connectivity index (χ3n) is 2.77. The zero-order valence-corrected chi connectivity index (χ0v) is 10.3.